The number of nitrogen functional groups attached to an aromatic ring is 1. The van der Waals surface area contributed by atoms with E-state index < -0.39 is 0 Å². The summed E-state index contributed by atoms with van der Waals surface area (Å²) in [5.41, 5.74) is 7.90. The number of aromatic nitrogens is 2. The van der Waals surface area contributed by atoms with Crippen LogP contribution in [0.1, 0.15) is 18.5 Å². The van der Waals surface area contributed by atoms with Gasteiger partial charge in [0.25, 0.3) is 0 Å². The minimum atomic E-state index is -0.124. The summed E-state index contributed by atoms with van der Waals surface area (Å²) in [6.45, 7) is 2.81. The Morgan fingerprint density at radius 2 is 2.16 bits per heavy atom. The highest BCUT2D eigenvalue weighted by atomic mass is 16.5. The monoisotopic (exact) mass is 343 g/mol. The first-order valence-corrected chi connectivity index (χ1v) is 8.71. The second kappa shape index (κ2) is 8.53. The number of hydrogen-bond acceptors (Lipinski definition) is 4. The third-order valence-corrected chi connectivity index (χ3v) is 4.26. The molecule has 1 aliphatic rings. The Morgan fingerprint density at radius 3 is 2.92 bits per heavy atom. The van der Waals surface area contributed by atoms with Gasteiger partial charge in [0, 0.05) is 31.7 Å². The minimum Gasteiger partial charge on any atom is -0.384 e. The fourth-order valence-electron chi connectivity index (χ4n) is 2.86. The Labute approximate surface area is 147 Å². The average Bonchev–Trinajstić information content (AvgIpc) is 3.27. The van der Waals surface area contributed by atoms with Crippen molar-refractivity contribution in [1.29, 1.82) is 0 Å². The number of aryl methyl sites for hydroxylation is 1. The number of ether oxygens (including phenoxy) is 1. The summed E-state index contributed by atoms with van der Waals surface area (Å²) in [5, 5.41) is 10.3. The topological polar surface area (TPSA) is 94.2 Å². The molecular weight excluding hydrogens is 318 g/mol. The van der Waals surface area contributed by atoms with Crippen LogP contribution in [-0.2, 0) is 11.2 Å². The SMILES string of the molecule is Nc1cc(CCCNC(=O)NC[C@H]2CCOC2)nn1-c1ccccc1. The lowest BCUT2D eigenvalue weighted by Crippen LogP contribution is -2.38. The van der Waals surface area contributed by atoms with Gasteiger partial charge in [0.1, 0.15) is 5.82 Å². The highest BCUT2D eigenvalue weighted by Crippen LogP contribution is 2.15. The molecule has 7 nitrogen and oxygen atoms in total. The van der Waals surface area contributed by atoms with Crippen LogP contribution < -0.4 is 16.4 Å². The molecule has 25 heavy (non-hydrogen) atoms. The van der Waals surface area contributed by atoms with Gasteiger partial charge in [0.2, 0.25) is 0 Å². The molecule has 0 aliphatic carbocycles. The highest BCUT2D eigenvalue weighted by Gasteiger charge is 2.16. The van der Waals surface area contributed by atoms with E-state index in [2.05, 4.69) is 15.7 Å². The van der Waals surface area contributed by atoms with Crippen LogP contribution in [0.15, 0.2) is 36.4 Å². The lowest BCUT2D eigenvalue weighted by Gasteiger charge is -2.10. The fraction of sp³-hybridized carbons (Fsp3) is 0.444. The molecule has 2 aromatic rings. The van der Waals surface area contributed by atoms with Gasteiger partial charge in [-0.2, -0.15) is 5.10 Å². The number of urea groups is 1. The van der Waals surface area contributed by atoms with Crippen LogP contribution in [-0.4, -0.2) is 42.1 Å². The van der Waals surface area contributed by atoms with Crippen LogP contribution in [0, 0.1) is 5.92 Å². The van der Waals surface area contributed by atoms with Gasteiger partial charge >= 0.3 is 6.03 Å². The molecule has 3 rings (SSSR count). The number of nitrogens with two attached hydrogens (primary N) is 1. The molecule has 4 N–H and O–H groups in total. The number of nitrogens with one attached hydrogen (secondary N) is 2. The highest BCUT2D eigenvalue weighted by molar-refractivity contribution is 5.73. The lowest BCUT2D eigenvalue weighted by atomic mass is 10.1. The van der Waals surface area contributed by atoms with E-state index in [4.69, 9.17) is 10.5 Å². The third kappa shape index (κ3) is 4.96. The predicted molar refractivity (Wildman–Crippen MR) is 96.6 cm³/mol. The summed E-state index contributed by atoms with van der Waals surface area (Å²) in [7, 11) is 0. The molecule has 0 radical (unpaired) electrons. The molecule has 1 aliphatic heterocycles. The molecule has 0 spiro atoms. The Morgan fingerprint density at radius 1 is 1.32 bits per heavy atom. The molecular formula is C18H25N5O2. The van der Waals surface area contributed by atoms with E-state index in [0.717, 1.165) is 43.9 Å². The number of rotatable bonds is 7. The number of para-hydroxylation sites is 1. The number of amides is 2. The summed E-state index contributed by atoms with van der Waals surface area (Å²) in [6, 6.07) is 11.6. The number of benzene rings is 1. The van der Waals surface area contributed by atoms with Gasteiger partial charge in [-0.15, -0.1) is 0 Å². The summed E-state index contributed by atoms with van der Waals surface area (Å²) in [4.78, 5) is 11.8. The largest absolute Gasteiger partial charge is 0.384 e. The number of anilines is 1. The number of hydrogen-bond donors (Lipinski definition) is 3. The van der Waals surface area contributed by atoms with Gasteiger partial charge in [0.05, 0.1) is 18.0 Å². The zero-order valence-electron chi connectivity index (χ0n) is 14.3. The molecule has 1 aromatic heterocycles. The van der Waals surface area contributed by atoms with Crippen molar-refractivity contribution in [2.24, 2.45) is 5.92 Å². The van der Waals surface area contributed by atoms with Crippen LogP contribution in [0.2, 0.25) is 0 Å². The first-order chi connectivity index (χ1) is 12.2. The molecule has 0 bridgehead atoms. The van der Waals surface area contributed by atoms with Gasteiger partial charge in [-0.1, -0.05) is 18.2 Å². The molecule has 1 aromatic carbocycles. The number of carbonyl (C=O) groups is 1. The molecule has 2 heterocycles. The average molecular weight is 343 g/mol. The van der Waals surface area contributed by atoms with Crippen molar-refractivity contribution in [3.63, 3.8) is 0 Å². The van der Waals surface area contributed by atoms with Gasteiger partial charge in [0.15, 0.2) is 0 Å². The molecule has 0 unspecified atom stereocenters. The van der Waals surface area contributed by atoms with Gasteiger partial charge in [-0.25, -0.2) is 9.48 Å². The molecule has 1 atom stereocenters. The zero-order chi connectivity index (χ0) is 17.5. The van der Waals surface area contributed by atoms with Crippen molar-refractivity contribution in [3.8, 4) is 5.69 Å². The van der Waals surface area contributed by atoms with Crippen LogP contribution in [0.4, 0.5) is 10.6 Å². The maximum Gasteiger partial charge on any atom is 0.314 e. The number of nitrogens with zero attached hydrogens (tertiary/aromatic N) is 2. The van der Waals surface area contributed by atoms with Crippen molar-refractivity contribution in [3.05, 3.63) is 42.1 Å². The second-order valence-corrected chi connectivity index (χ2v) is 6.28. The van der Waals surface area contributed by atoms with E-state index in [1.54, 1.807) is 4.68 Å². The third-order valence-electron chi connectivity index (χ3n) is 4.26. The van der Waals surface area contributed by atoms with Crippen molar-refractivity contribution in [1.82, 2.24) is 20.4 Å². The van der Waals surface area contributed by atoms with Crippen molar-refractivity contribution in [2.45, 2.75) is 19.3 Å². The van der Waals surface area contributed by atoms with Gasteiger partial charge < -0.3 is 21.1 Å². The quantitative estimate of drug-likeness (QED) is 0.667. The zero-order valence-corrected chi connectivity index (χ0v) is 14.3. The maximum absolute atomic E-state index is 11.8. The smallest absolute Gasteiger partial charge is 0.314 e. The standard InChI is InChI=1S/C18H25N5O2/c19-17-11-15(22-23(17)16-6-2-1-3-7-16)5-4-9-20-18(24)21-12-14-8-10-25-13-14/h1-3,6-7,11,14H,4-5,8-10,12-13,19H2,(H2,20,21,24)/t14-/m1/s1. The molecule has 134 valence electrons. The van der Waals surface area contributed by atoms with E-state index in [1.165, 1.54) is 0 Å². The second-order valence-electron chi connectivity index (χ2n) is 6.28. The first kappa shape index (κ1) is 17.3. The van der Waals surface area contributed by atoms with Crippen molar-refractivity contribution < 1.29 is 9.53 Å². The van der Waals surface area contributed by atoms with Gasteiger partial charge in [-0.05, 0) is 31.4 Å². The van der Waals surface area contributed by atoms with Crippen molar-refractivity contribution in [2.75, 3.05) is 32.0 Å². The minimum absolute atomic E-state index is 0.124. The maximum atomic E-state index is 11.8. The van der Waals surface area contributed by atoms with E-state index in [1.807, 2.05) is 36.4 Å². The van der Waals surface area contributed by atoms with Crippen molar-refractivity contribution >= 4 is 11.8 Å². The van der Waals surface area contributed by atoms with E-state index >= 15 is 0 Å². The molecule has 0 saturated carbocycles. The van der Waals surface area contributed by atoms with Crippen LogP contribution >= 0.6 is 0 Å². The Hall–Kier alpha value is -2.54. The first-order valence-electron chi connectivity index (χ1n) is 8.71. The van der Waals surface area contributed by atoms with E-state index in [-0.39, 0.29) is 6.03 Å². The van der Waals surface area contributed by atoms with Gasteiger partial charge in [-0.3, -0.25) is 0 Å². The van der Waals surface area contributed by atoms with Crippen LogP contribution in [0.3, 0.4) is 0 Å². The summed E-state index contributed by atoms with van der Waals surface area (Å²) in [5.74, 6) is 1.06. The Balaban J connectivity index is 1.38. The van der Waals surface area contributed by atoms with Crippen LogP contribution in [0.25, 0.3) is 5.69 Å². The predicted octanol–water partition coefficient (Wildman–Crippen LogP) is 1.72. The summed E-state index contributed by atoms with van der Waals surface area (Å²) < 4.78 is 7.02. The molecule has 1 saturated heterocycles. The van der Waals surface area contributed by atoms with E-state index in [0.29, 0.717) is 24.8 Å². The number of carbonyl (C=O) groups excluding carboxylic acids is 1. The van der Waals surface area contributed by atoms with Crippen LogP contribution in [0.5, 0.6) is 0 Å². The molecule has 1 fully saturated rings. The van der Waals surface area contributed by atoms with E-state index in [9.17, 15) is 4.79 Å². The lowest BCUT2D eigenvalue weighted by molar-refractivity contribution is 0.185. The Bertz CT molecular complexity index is 680. The molecule has 7 heteroatoms. The molecule has 2 amide bonds. The summed E-state index contributed by atoms with van der Waals surface area (Å²) >= 11 is 0. The Kier molecular flexibility index (Phi) is 5.90. The summed E-state index contributed by atoms with van der Waals surface area (Å²) in [6.07, 6.45) is 2.59. The normalized spacial score (nSPS) is 16.7. The fourth-order valence-corrected chi connectivity index (χ4v) is 2.86.